The van der Waals surface area contributed by atoms with E-state index in [1.54, 1.807) is 0 Å². The Hall–Kier alpha value is -0.470. The molecule has 4 heteroatoms. The van der Waals surface area contributed by atoms with Gasteiger partial charge in [0.1, 0.15) is 0 Å². The topological polar surface area (TPSA) is 37.3 Å². The number of halogens is 2. The van der Waals surface area contributed by atoms with Crippen LogP contribution in [0.4, 0.5) is 0 Å². The van der Waals surface area contributed by atoms with Gasteiger partial charge < -0.3 is 5.11 Å². The summed E-state index contributed by atoms with van der Waals surface area (Å²) < 4.78 is 0.111. The highest BCUT2D eigenvalue weighted by molar-refractivity contribution is 6.55. The zero-order valence-corrected chi connectivity index (χ0v) is 9.16. The van der Waals surface area contributed by atoms with Crippen LogP contribution >= 0.6 is 23.2 Å². The van der Waals surface area contributed by atoms with Crippen LogP contribution in [-0.2, 0) is 4.79 Å². The third kappa shape index (κ3) is 18.5. The highest BCUT2D eigenvalue weighted by atomic mass is 35.5. The number of carboxylic acids is 1. The van der Waals surface area contributed by atoms with E-state index in [0.29, 0.717) is 12.0 Å². The third-order valence-corrected chi connectivity index (χ3v) is 1.13. The van der Waals surface area contributed by atoms with Gasteiger partial charge in [-0.1, -0.05) is 49.7 Å². The van der Waals surface area contributed by atoms with E-state index in [0.717, 1.165) is 12.8 Å². The second-order valence-electron chi connectivity index (χ2n) is 2.35. The van der Waals surface area contributed by atoms with Crippen molar-refractivity contribution in [3.05, 3.63) is 23.2 Å². The third-order valence-electron chi connectivity index (χ3n) is 1.13. The van der Waals surface area contributed by atoms with Gasteiger partial charge >= 0.3 is 5.97 Å². The monoisotopic (exact) mass is 224 g/mol. The Morgan fingerprint density at radius 2 is 1.77 bits per heavy atom. The molecular formula is C9H14Cl2O2. The van der Waals surface area contributed by atoms with Crippen molar-refractivity contribution in [1.82, 2.24) is 0 Å². The molecule has 0 fully saturated rings. The van der Waals surface area contributed by atoms with Gasteiger partial charge in [0.25, 0.3) is 0 Å². The van der Waals surface area contributed by atoms with E-state index in [1.165, 1.54) is 0 Å². The van der Waals surface area contributed by atoms with Crippen LogP contribution in [0, 0.1) is 0 Å². The summed E-state index contributed by atoms with van der Waals surface area (Å²) in [6.45, 7) is 8.50. The lowest BCUT2D eigenvalue weighted by Crippen LogP contribution is -1.97. The number of unbranched alkanes of at least 4 members (excludes halogenated alkanes) is 1. The molecule has 0 aromatic rings. The molecule has 2 nitrogen and oxygen atoms in total. The maximum absolute atomic E-state index is 10.1. The number of aliphatic carboxylic acids is 1. The van der Waals surface area contributed by atoms with Gasteiger partial charge in [-0.25, -0.2) is 4.79 Å². The van der Waals surface area contributed by atoms with Crippen molar-refractivity contribution >= 4 is 29.2 Å². The van der Waals surface area contributed by atoms with E-state index in [-0.39, 0.29) is 4.49 Å². The molecule has 0 bridgehead atoms. The maximum Gasteiger partial charge on any atom is 0.330 e. The molecule has 0 amide bonds. The first-order valence-corrected chi connectivity index (χ1v) is 4.58. The summed E-state index contributed by atoms with van der Waals surface area (Å²) in [7, 11) is 0. The Morgan fingerprint density at radius 1 is 1.38 bits per heavy atom. The van der Waals surface area contributed by atoms with E-state index < -0.39 is 5.97 Å². The Kier molecular flexibility index (Phi) is 11.1. The average molecular weight is 225 g/mol. The van der Waals surface area contributed by atoms with E-state index in [1.807, 2.05) is 6.92 Å². The molecule has 0 saturated heterocycles. The average Bonchev–Trinajstić information content (AvgIpc) is 1.98. The van der Waals surface area contributed by atoms with Gasteiger partial charge in [0.05, 0.1) is 4.49 Å². The number of hydrogen-bond acceptors (Lipinski definition) is 1. The van der Waals surface area contributed by atoms with Crippen LogP contribution in [-0.4, -0.2) is 11.1 Å². The number of rotatable bonds is 4. The fourth-order valence-corrected chi connectivity index (χ4v) is 0.497. The first-order chi connectivity index (χ1) is 5.91. The highest BCUT2D eigenvalue weighted by Crippen LogP contribution is 2.03. The Morgan fingerprint density at radius 3 is 2.00 bits per heavy atom. The highest BCUT2D eigenvalue weighted by Gasteiger charge is 2.00. The Labute approximate surface area is 88.8 Å². The predicted molar refractivity (Wildman–Crippen MR) is 57.1 cm³/mol. The molecule has 1 N–H and O–H groups in total. The van der Waals surface area contributed by atoms with Crippen molar-refractivity contribution < 1.29 is 9.90 Å². The second-order valence-corrected chi connectivity index (χ2v) is 3.46. The van der Waals surface area contributed by atoms with Crippen LogP contribution in [0.5, 0.6) is 0 Å². The number of carbonyl (C=O) groups is 1. The van der Waals surface area contributed by atoms with E-state index in [2.05, 4.69) is 13.2 Å². The summed E-state index contributed by atoms with van der Waals surface area (Å²) in [6.07, 6.45) is 2.56. The quantitative estimate of drug-likeness (QED) is 0.739. The van der Waals surface area contributed by atoms with Crippen molar-refractivity contribution in [3.63, 3.8) is 0 Å². The lowest BCUT2D eigenvalue weighted by molar-refractivity contribution is -0.132. The minimum absolute atomic E-state index is 0.111. The van der Waals surface area contributed by atoms with Gasteiger partial charge in [-0.05, 0) is 12.8 Å². The van der Waals surface area contributed by atoms with Gasteiger partial charge in [-0.15, -0.1) is 0 Å². The van der Waals surface area contributed by atoms with Crippen LogP contribution < -0.4 is 0 Å². The lowest BCUT2D eigenvalue weighted by atomic mass is 10.1. The largest absolute Gasteiger partial charge is 0.478 e. The van der Waals surface area contributed by atoms with Gasteiger partial charge in [0, 0.05) is 5.57 Å². The molecule has 0 saturated carbocycles. The molecule has 0 aliphatic rings. The first kappa shape index (κ1) is 15.0. The van der Waals surface area contributed by atoms with Crippen molar-refractivity contribution in [2.45, 2.75) is 26.2 Å². The first-order valence-electron chi connectivity index (χ1n) is 3.82. The van der Waals surface area contributed by atoms with Gasteiger partial charge in [-0.3, -0.25) is 0 Å². The standard InChI is InChI=1S/C7H12O2.C2H2Cl2/c1-3-4-5-6(2)7(8)9;1-2(3)4/h2-5H2,1H3,(H,8,9);1H2. The normalized spacial score (nSPS) is 8.23. The number of hydrogen-bond donors (Lipinski definition) is 1. The molecule has 0 rings (SSSR count). The molecule has 0 spiro atoms. The zero-order chi connectivity index (χ0) is 10.9. The smallest absolute Gasteiger partial charge is 0.330 e. The fourth-order valence-electron chi connectivity index (χ4n) is 0.497. The molecule has 76 valence electrons. The summed E-state index contributed by atoms with van der Waals surface area (Å²) >= 11 is 9.69. The van der Waals surface area contributed by atoms with Gasteiger partial charge in [0.15, 0.2) is 0 Å². The summed E-state index contributed by atoms with van der Waals surface area (Å²) in [5, 5.41) is 8.31. The molecule has 0 atom stereocenters. The van der Waals surface area contributed by atoms with Crippen molar-refractivity contribution in [2.75, 3.05) is 0 Å². The molecule has 0 aromatic heterocycles. The van der Waals surface area contributed by atoms with Crippen LogP contribution in [0.1, 0.15) is 26.2 Å². The Bertz CT molecular complexity index is 184. The molecule has 0 aromatic carbocycles. The summed E-state index contributed by atoms with van der Waals surface area (Å²) in [6, 6.07) is 0. The summed E-state index contributed by atoms with van der Waals surface area (Å²) in [5.41, 5.74) is 0.317. The van der Waals surface area contributed by atoms with Crippen molar-refractivity contribution in [3.8, 4) is 0 Å². The SMILES string of the molecule is C=C(CCCC)C(=O)O.C=C(Cl)Cl. The molecule has 0 heterocycles. The maximum atomic E-state index is 10.1. The summed E-state index contributed by atoms with van der Waals surface area (Å²) in [5.74, 6) is -0.872. The minimum Gasteiger partial charge on any atom is -0.478 e. The van der Waals surface area contributed by atoms with Crippen LogP contribution in [0.25, 0.3) is 0 Å². The van der Waals surface area contributed by atoms with Gasteiger partial charge in [0.2, 0.25) is 0 Å². The molecule has 0 radical (unpaired) electrons. The van der Waals surface area contributed by atoms with E-state index in [4.69, 9.17) is 28.3 Å². The van der Waals surface area contributed by atoms with E-state index >= 15 is 0 Å². The molecule has 0 aliphatic carbocycles. The van der Waals surface area contributed by atoms with E-state index in [9.17, 15) is 4.79 Å². The van der Waals surface area contributed by atoms with Crippen LogP contribution in [0.15, 0.2) is 23.2 Å². The molecule has 13 heavy (non-hydrogen) atoms. The number of carboxylic acid groups (broad SMARTS) is 1. The summed E-state index contributed by atoms with van der Waals surface area (Å²) in [4.78, 5) is 10.1. The van der Waals surface area contributed by atoms with Crippen molar-refractivity contribution in [2.24, 2.45) is 0 Å². The van der Waals surface area contributed by atoms with Crippen LogP contribution in [0.3, 0.4) is 0 Å². The van der Waals surface area contributed by atoms with Gasteiger partial charge in [-0.2, -0.15) is 0 Å². The molecule has 0 unspecified atom stereocenters. The molecular weight excluding hydrogens is 211 g/mol. The zero-order valence-electron chi connectivity index (χ0n) is 7.65. The molecule has 0 aliphatic heterocycles. The lowest BCUT2D eigenvalue weighted by Gasteiger charge is -1.95. The Balaban J connectivity index is 0. The van der Waals surface area contributed by atoms with Crippen molar-refractivity contribution in [1.29, 1.82) is 0 Å². The second kappa shape index (κ2) is 9.62. The minimum atomic E-state index is -0.872. The predicted octanol–water partition coefficient (Wildman–Crippen LogP) is 3.75. The van der Waals surface area contributed by atoms with Crippen LogP contribution in [0.2, 0.25) is 0 Å². The fraction of sp³-hybridized carbons (Fsp3) is 0.444.